The van der Waals surface area contributed by atoms with E-state index < -0.39 is 6.10 Å². The van der Waals surface area contributed by atoms with Crippen LogP contribution in [0.3, 0.4) is 0 Å². The molecule has 0 radical (unpaired) electrons. The van der Waals surface area contributed by atoms with Gasteiger partial charge in [0, 0.05) is 16.9 Å². The van der Waals surface area contributed by atoms with Crippen LogP contribution in [0.25, 0.3) is 0 Å². The Morgan fingerprint density at radius 2 is 2.08 bits per heavy atom. The highest BCUT2D eigenvalue weighted by atomic mass is 35.5. The topological polar surface area (TPSA) is 92.5 Å². The number of aryl methyl sites for hydroxylation is 1. The standard InChI is InChI=1S/C16H18ClN5O2/c1-10-6-12(4-5-14(10)17)19-9-15(22-18)11(2)24-16-20-7-13(23-3)8-21-16/h4-9,11,18-19H,1-3H3/b15-9-,22-18?. The number of rotatable bonds is 7. The van der Waals surface area contributed by atoms with Gasteiger partial charge in [-0.25, -0.2) is 5.53 Å². The van der Waals surface area contributed by atoms with Gasteiger partial charge >= 0.3 is 6.01 Å². The summed E-state index contributed by atoms with van der Waals surface area (Å²) in [7, 11) is 1.53. The molecule has 1 aromatic heterocycles. The molecule has 8 heteroatoms. The van der Waals surface area contributed by atoms with Crippen LogP contribution in [0.4, 0.5) is 5.69 Å². The molecule has 0 saturated carbocycles. The van der Waals surface area contributed by atoms with Gasteiger partial charge in [-0.05, 0) is 37.6 Å². The Bertz CT molecular complexity index is 734. The molecular weight excluding hydrogens is 330 g/mol. The number of nitrogens with zero attached hydrogens (tertiary/aromatic N) is 3. The van der Waals surface area contributed by atoms with E-state index in [0.717, 1.165) is 11.3 Å². The molecule has 0 aliphatic carbocycles. The number of halogens is 1. The van der Waals surface area contributed by atoms with Crippen LogP contribution in [0.1, 0.15) is 12.5 Å². The maximum Gasteiger partial charge on any atom is 0.317 e. The molecule has 7 nitrogen and oxygen atoms in total. The molecule has 1 atom stereocenters. The average Bonchev–Trinajstić information content (AvgIpc) is 2.59. The second kappa shape index (κ2) is 8.26. The molecule has 2 rings (SSSR count). The molecule has 24 heavy (non-hydrogen) atoms. The van der Waals surface area contributed by atoms with Gasteiger partial charge in [0.15, 0.2) is 5.75 Å². The third-order valence-electron chi connectivity index (χ3n) is 3.21. The van der Waals surface area contributed by atoms with Gasteiger partial charge in [0.25, 0.3) is 0 Å². The zero-order valence-corrected chi connectivity index (χ0v) is 14.3. The summed E-state index contributed by atoms with van der Waals surface area (Å²) in [6, 6.07) is 5.72. The lowest BCUT2D eigenvalue weighted by Gasteiger charge is -2.13. The van der Waals surface area contributed by atoms with Crippen molar-refractivity contribution in [3.05, 3.63) is 53.1 Å². The highest BCUT2D eigenvalue weighted by Gasteiger charge is 2.12. The third-order valence-corrected chi connectivity index (χ3v) is 3.64. The fourth-order valence-corrected chi connectivity index (χ4v) is 1.94. The number of ether oxygens (including phenoxy) is 2. The summed E-state index contributed by atoms with van der Waals surface area (Å²) in [4.78, 5) is 8.04. The number of hydrogen-bond acceptors (Lipinski definition) is 7. The first-order valence-electron chi connectivity index (χ1n) is 7.16. The van der Waals surface area contributed by atoms with Gasteiger partial charge in [0.1, 0.15) is 11.8 Å². The molecule has 0 bridgehead atoms. The molecule has 0 spiro atoms. The molecule has 2 aromatic rings. The monoisotopic (exact) mass is 347 g/mol. The maximum atomic E-state index is 7.32. The maximum absolute atomic E-state index is 7.32. The zero-order chi connectivity index (χ0) is 17.5. The summed E-state index contributed by atoms with van der Waals surface area (Å²) in [5, 5.41) is 7.26. The number of aromatic nitrogens is 2. The summed E-state index contributed by atoms with van der Waals surface area (Å²) in [6.45, 7) is 3.67. The van der Waals surface area contributed by atoms with Gasteiger partial charge in [-0.2, -0.15) is 15.1 Å². The van der Waals surface area contributed by atoms with Gasteiger partial charge in [0.05, 0.1) is 19.5 Å². The first-order valence-corrected chi connectivity index (χ1v) is 7.54. The van der Waals surface area contributed by atoms with Crippen molar-refractivity contribution >= 4 is 17.3 Å². The smallest absolute Gasteiger partial charge is 0.317 e. The van der Waals surface area contributed by atoms with Crippen LogP contribution < -0.4 is 14.8 Å². The SMILES string of the molecule is COc1cnc(OC(C)/C(=C/Nc2ccc(Cl)c(C)c2)N=N)nc1. The van der Waals surface area contributed by atoms with Crippen molar-refractivity contribution in [1.29, 1.82) is 5.53 Å². The van der Waals surface area contributed by atoms with E-state index in [-0.39, 0.29) is 6.01 Å². The minimum atomic E-state index is -0.503. The number of anilines is 1. The van der Waals surface area contributed by atoms with Crippen LogP contribution in [0, 0.1) is 12.5 Å². The molecule has 0 saturated heterocycles. The summed E-state index contributed by atoms with van der Waals surface area (Å²) < 4.78 is 10.6. The number of benzene rings is 1. The third kappa shape index (κ3) is 4.66. The average molecular weight is 348 g/mol. The molecule has 1 aromatic carbocycles. The summed E-state index contributed by atoms with van der Waals surface area (Å²) in [5.41, 5.74) is 9.50. The molecule has 0 fully saturated rings. The van der Waals surface area contributed by atoms with Crippen LogP contribution >= 0.6 is 11.6 Å². The summed E-state index contributed by atoms with van der Waals surface area (Å²) in [5.74, 6) is 0.538. The minimum absolute atomic E-state index is 0.181. The second-order valence-corrected chi connectivity index (χ2v) is 5.36. The fraction of sp³-hybridized carbons (Fsp3) is 0.250. The van der Waals surface area contributed by atoms with E-state index >= 15 is 0 Å². The molecule has 1 heterocycles. The molecule has 0 amide bonds. The van der Waals surface area contributed by atoms with E-state index in [1.54, 1.807) is 19.2 Å². The lowest BCUT2D eigenvalue weighted by atomic mass is 10.2. The predicted octanol–water partition coefficient (Wildman–Crippen LogP) is 4.20. The zero-order valence-electron chi connectivity index (χ0n) is 13.6. The number of nitrogens with one attached hydrogen (secondary N) is 2. The van der Waals surface area contributed by atoms with Crippen LogP contribution in [0.2, 0.25) is 5.02 Å². The van der Waals surface area contributed by atoms with E-state index in [0.29, 0.717) is 16.5 Å². The Balaban J connectivity index is 2.05. The number of methoxy groups -OCH3 is 1. The van der Waals surface area contributed by atoms with Crippen LogP contribution in [-0.2, 0) is 0 Å². The normalized spacial score (nSPS) is 12.4. The fourth-order valence-electron chi connectivity index (χ4n) is 1.82. The van der Waals surface area contributed by atoms with Gasteiger partial charge in [-0.15, -0.1) is 0 Å². The van der Waals surface area contributed by atoms with Crippen molar-refractivity contribution in [2.24, 2.45) is 5.11 Å². The highest BCUT2D eigenvalue weighted by Crippen LogP contribution is 2.20. The molecule has 2 N–H and O–H groups in total. The van der Waals surface area contributed by atoms with Gasteiger partial charge in [0.2, 0.25) is 0 Å². The predicted molar refractivity (Wildman–Crippen MR) is 91.7 cm³/mol. The minimum Gasteiger partial charge on any atom is -0.494 e. The first kappa shape index (κ1) is 17.7. The Hall–Kier alpha value is -2.67. The largest absolute Gasteiger partial charge is 0.494 e. The van der Waals surface area contributed by atoms with E-state index in [1.807, 2.05) is 19.1 Å². The van der Waals surface area contributed by atoms with Crippen molar-refractivity contribution in [2.45, 2.75) is 20.0 Å². The quantitative estimate of drug-likeness (QED) is 0.732. The Kier molecular flexibility index (Phi) is 6.08. The van der Waals surface area contributed by atoms with Crippen LogP contribution in [0.5, 0.6) is 11.8 Å². The van der Waals surface area contributed by atoms with E-state index in [2.05, 4.69) is 20.4 Å². The van der Waals surface area contributed by atoms with Crippen molar-refractivity contribution < 1.29 is 9.47 Å². The van der Waals surface area contributed by atoms with Gasteiger partial charge in [-0.1, -0.05) is 11.6 Å². The molecule has 1 unspecified atom stereocenters. The number of hydrogen-bond donors (Lipinski definition) is 2. The Morgan fingerprint density at radius 3 is 2.67 bits per heavy atom. The van der Waals surface area contributed by atoms with Gasteiger partial charge in [-0.3, -0.25) is 0 Å². The molecule has 0 aliphatic heterocycles. The van der Waals surface area contributed by atoms with Crippen molar-refractivity contribution in [3.8, 4) is 11.8 Å². The molecule has 0 aliphatic rings. The molecule has 126 valence electrons. The van der Waals surface area contributed by atoms with E-state index in [1.165, 1.54) is 19.5 Å². The highest BCUT2D eigenvalue weighted by molar-refractivity contribution is 6.31. The Labute approximate surface area is 145 Å². The lowest BCUT2D eigenvalue weighted by molar-refractivity contribution is 0.232. The second-order valence-electron chi connectivity index (χ2n) is 4.95. The van der Waals surface area contributed by atoms with Crippen molar-refractivity contribution in [1.82, 2.24) is 9.97 Å². The van der Waals surface area contributed by atoms with Gasteiger partial charge < -0.3 is 14.8 Å². The molecular formula is C16H18ClN5O2. The van der Waals surface area contributed by atoms with Crippen LogP contribution in [-0.4, -0.2) is 23.2 Å². The van der Waals surface area contributed by atoms with E-state index in [4.69, 9.17) is 26.6 Å². The van der Waals surface area contributed by atoms with E-state index in [9.17, 15) is 0 Å². The first-order chi connectivity index (χ1) is 11.5. The summed E-state index contributed by atoms with van der Waals surface area (Å²) >= 11 is 6.00. The summed E-state index contributed by atoms with van der Waals surface area (Å²) in [6.07, 6.45) is 4.11. The van der Waals surface area contributed by atoms with Crippen molar-refractivity contribution in [3.63, 3.8) is 0 Å². The Morgan fingerprint density at radius 1 is 1.38 bits per heavy atom. The lowest BCUT2D eigenvalue weighted by Crippen LogP contribution is -2.16. The van der Waals surface area contributed by atoms with Crippen molar-refractivity contribution in [2.75, 3.05) is 12.4 Å². The van der Waals surface area contributed by atoms with Crippen LogP contribution in [0.15, 0.2) is 47.6 Å².